The van der Waals surface area contributed by atoms with Crippen molar-refractivity contribution in [2.24, 2.45) is 0 Å². The molecule has 0 aliphatic heterocycles. The maximum atomic E-state index is 11.9. The molecule has 1 aromatic carbocycles. The van der Waals surface area contributed by atoms with E-state index in [4.69, 9.17) is 0 Å². The summed E-state index contributed by atoms with van der Waals surface area (Å²) >= 11 is -1.64. The molecule has 0 saturated heterocycles. The van der Waals surface area contributed by atoms with Crippen molar-refractivity contribution in [3.05, 3.63) is 30.3 Å². The van der Waals surface area contributed by atoms with Crippen LogP contribution in [0, 0.1) is 0 Å². The second kappa shape index (κ2) is 3.09. The third kappa shape index (κ3) is 1.48. The summed E-state index contributed by atoms with van der Waals surface area (Å²) in [7, 11) is 0. The molecule has 0 N–H and O–H groups in total. The minimum atomic E-state index is -1.64. The molecule has 0 aromatic heterocycles. The number of hydrogen-bond donors (Lipinski definition) is 0. The Bertz CT molecular complexity index is 150. The Balaban J connectivity index is 2.83. The zero-order valence-corrected chi connectivity index (χ0v) is 7.12. The third-order valence-corrected chi connectivity index (χ3v) is 2.46. The molecule has 0 heterocycles. The van der Waals surface area contributed by atoms with Gasteiger partial charge >= 0.3 is 58.9 Å². The Morgan fingerprint density at radius 3 is 2.12 bits per heavy atom. The molecule has 0 nitrogen and oxygen atoms in total. The molecule has 1 rings (SSSR count). The van der Waals surface area contributed by atoms with Gasteiger partial charge in [0.1, 0.15) is 0 Å². The molecule has 0 spiro atoms. The number of halogens is 1. The second-order valence-corrected chi connectivity index (χ2v) is 3.65. The fraction of sp³-hybridized carbons (Fsp3) is 0. The van der Waals surface area contributed by atoms with Crippen LogP contribution in [0.2, 0.25) is 0 Å². The zero-order valence-electron chi connectivity index (χ0n) is 4.26. The van der Waals surface area contributed by atoms with E-state index in [9.17, 15) is 2.81 Å². The molecule has 42 valence electrons. The quantitative estimate of drug-likeness (QED) is 0.607. The summed E-state index contributed by atoms with van der Waals surface area (Å²) in [5.41, 5.74) is 0. The van der Waals surface area contributed by atoms with Crippen LogP contribution in [0.15, 0.2) is 30.3 Å². The van der Waals surface area contributed by atoms with Crippen LogP contribution < -0.4 is 3.51 Å². The predicted molar refractivity (Wildman–Crippen MR) is 34.3 cm³/mol. The monoisotopic (exact) mass is 218 g/mol. The Kier molecular flexibility index (Phi) is 2.35. The fourth-order valence-electron chi connectivity index (χ4n) is 0.501. The van der Waals surface area contributed by atoms with Gasteiger partial charge in [-0.1, -0.05) is 0 Å². The number of benzene rings is 1. The molecule has 0 amide bonds. The zero-order chi connectivity index (χ0) is 5.82. The van der Waals surface area contributed by atoms with E-state index in [1.165, 1.54) is 0 Å². The molecule has 0 saturated carbocycles. The Morgan fingerprint density at radius 2 is 1.75 bits per heavy atom. The first-order valence-corrected chi connectivity index (χ1v) is 4.86. The molecule has 1 aromatic rings. The Hall–Kier alpha value is -0.0318. The van der Waals surface area contributed by atoms with Crippen molar-refractivity contribution >= 4 is 25.7 Å². The first-order valence-electron chi connectivity index (χ1n) is 2.35. The van der Waals surface area contributed by atoms with Gasteiger partial charge in [-0.25, -0.2) is 0 Å². The van der Waals surface area contributed by atoms with E-state index in [1.807, 2.05) is 30.3 Å². The molecule has 0 atom stereocenters. The summed E-state index contributed by atoms with van der Waals surface area (Å²) in [4.78, 5) is 0. The summed E-state index contributed by atoms with van der Waals surface area (Å²) in [6.07, 6.45) is 0. The topological polar surface area (TPSA) is 0 Å². The van der Waals surface area contributed by atoms with Gasteiger partial charge in [-0.3, -0.25) is 0 Å². The molecule has 0 fully saturated rings. The summed E-state index contributed by atoms with van der Waals surface area (Å²) in [6.45, 7) is 0. The van der Waals surface area contributed by atoms with Crippen LogP contribution in [0.25, 0.3) is 0 Å². The van der Waals surface area contributed by atoms with Crippen LogP contribution in [-0.4, -0.2) is 22.2 Å². The van der Waals surface area contributed by atoms with Crippen LogP contribution in [0.1, 0.15) is 0 Å². The van der Waals surface area contributed by atoms with E-state index in [0.29, 0.717) is 0 Å². The van der Waals surface area contributed by atoms with Crippen LogP contribution in [0.5, 0.6) is 0 Å². The molecule has 2 heteroatoms. The normalized spacial score (nSPS) is 9.12. The number of hydrogen-bond acceptors (Lipinski definition) is 0. The average Bonchev–Trinajstić information content (AvgIpc) is 1.90. The molecule has 0 aliphatic rings. The van der Waals surface area contributed by atoms with Gasteiger partial charge in [0.2, 0.25) is 0 Å². The second-order valence-electron chi connectivity index (χ2n) is 1.46. The summed E-state index contributed by atoms with van der Waals surface area (Å²) in [6, 6.07) is 9.32. The summed E-state index contributed by atoms with van der Waals surface area (Å²) in [5.74, 6) is 0. The van der Waals surface area contributed by atoms with E-state index in [1.54, 1.807) is 0 Å². The number of rotatable bonds is 1. The van der Waals surface area contributed by atoms with Gasteiger partial charge in [-0.05, 0) is 0 Å². The first-order chi connectivity index (χ1) is 3.93. The molecular weight excluding hydrogens is 213 g/mol. The molecule has 0 radical (unpaired) electrons. The molecule has 0 aliphatic carbocycles. The van der Waals surface area contributed by atoms with Gasteiger partial charge in [0.15, 0.2) is 0 Å². The predicted octanol–water partition coefficient (Wildman–Crippen LogP) is 0.633. The van der Waals surface area contributed by atoms with Gasteiger partial charge in [-0.2, -0.15) is 0 Å². The fourth-order valence-corrected chi connectivity index (χ4v) is 1.41. The van der Waals surface area contributed by atoms with Crippen molar-refractivity contribution < 1.29 is 2.81 Å². The van der Waals surface area contributed by atoms with Crippen molar-refractivity contribution in [3.8, 4) is 0 Å². The SMILES string of the molecule is [F][SbH][c]1ccccc1. The van der Waals surface area contributed by atoms with E-state index in [-0.39, 0.29) is 0 Å². The van der Waals surface area contributed by atoms with Gasteiger partial charge in [-0.15, -0.1) is 0 Å². The van der Waals surface area contributed by atoms with Crippen LogP contribution in [-0.2, 0) is 0 Å². The van der Waals surface area contributed by atoms with Crippen molar-refractivity contribution in [2.75, 3.05) is 0 Å². The molecule has 0 bridgehead atoms. The molecule has 8 heavy (non-hydrogen) atoms. The Labute approximate surface area is 59.1 Å². The van der Waals surface area contributed by atoms with E-state index in [0.717, 1.165) is 3.51 Å². The first kappa shape index (κ1) is 6.09. The van der Waals surface area contributed by atoms with Crippen LogP contribution in [0.4, 0.5) is 2.81 Å². The van der Waals surface area contributed by atoms with Gasteiger partial charge in [0.05, 0.1) is 0 Å². The van der Waals surface area contributed by atoms with Crippen molar-refractivity contribution in [1.82, 2.24) is 0 Å². The molecular formula is C6H6FSb. The van der Waals surface area contributed by atoms with Gasteiger partial charge in [0, 0.05) is 0 Å². The van der Waals surface area contributed by atoms with E-state index in [2.05, 4.69) is 0 Å². The van der Waals surface area contributed by atoms with Gasteiger partial charge in [0.25, 0.3) is 0 Å². The van der Waals surface area contributed by atoms with Crippen LogP contribution >= 0.6 is 0 Å². The summed E-state index contributed by atoms with van der Waals surface area (Å²) in [5, 5.41) is 0. The van der Waals surface area contributed by atoms with Crippen LogP contribution in [0.3, 0.4) is 0 Å². The molecule has 0 unspecified atom stereocenters. The van der Waals surface area contributed by atoms with Gasteiger partial charge < -0.3 is 0 Å². The Morgan fingerprint density at radius 1 is 1.12 bits per heavy atom. The van der Waals surface area contributed by atoms with E-state index < -0.39 is 22.2 Å². The average molecular weight is 219 g/mol. The summed E-state index contributed by atoms with van der Waals surface area (Å²) < 4.78 is 12.8. The minimum absolute atomic E-state index is 0.913. The van der Waals surface area contributed by atoms with Crippen molar-refractivity contribution in [2.45, 2.75) is 0 Å². The van der Waals surface area contributed by atoms with E-state index >= 15 is 0 Å². The standard InChI is InChI=1S/C6H5.FH.Sb.H/c1-2-4-6-5-3-1;;;/h1-5H;1H;;/q;;+1;/p-1. The maximum absolute atomic E-state index is 11.9. The third-order valence-electron chi connectivity index (χ3n) is 0.883. The van der Waals surface area contributed by atoms with Crippen molar-refractivity contribution in [1.29, 1.82) is 0 Å². The van der Waals surface area contributed by atoms with Crippen molar-refractivity contribution in [3.63, 3.8) is 0 Å².